The highest BCUT2D eigenvalue weighted by Gasteiger charge is 2.34. The predicted octanol–water partition coefficient (Wildman–Crippen LogP) is -7.68. The minimum atomic E-state index is -1.71. The van der Waals surface area contributed by atoms with Gasteiger partial charge in [-0.15, -0.1) is 0 Å². The van der Waals surface area contributed by atoms with Crippen molar-refractivity contribution in [2.24, 2.45) is 11.5 Å². The average molecular weight is 920 g/mol. The van der Waals surface area contributed by atoms with E-state index in [0.29, 0.717) is 6.42 Å². The van der Waals surface area contributed by atoms with Crippen molar-refractivity contribution < 1.29 is 83.1 Å². The molecule has 0 heterocycles. The summed E-state index contributed by atoms with van der Waals surface area (Å²) in [4.78, 5) is 149. The summed E-state index contributed by atoms with van der Waals surface area (Å²) in [5.41, 5.74) is 10.8. The van der Waals surface area contributed by atoms with Gasteiger partial charge in [0.25, 0.3) is 0 Å². The van der Waals surface area contributed by atoms with Gasteiger partial charge in [0.2, 0.25) is 53.2 Å². The number of nitrogens with one attached hydrogen (secondary N) is 9. The van der Waals surface area contributed by atoms with Gasteiger partial charge in [0.15, 0.2) is 0 Å². The fourth-order valence-corrected chi connectivity index (χ4v) is 5.20. The van der Waals surface area contributed by atoms with Gasteiger partial charge in [-0.05, 0) is 66.3 Å². The van der Waals surface area contributed by atoms with E-state index in [4.69, 9.17) is 16.6 Å². The third-order valence-electron chi connectivity index (χ3n) is 8.90. The molecule has 0 fully saturated rings. The Morgan fingerprint density at radius 2 is 0.906 bits per heavy atom. The number of carboxylic acid groups (broad SMARTS) is 3. The van der Waals surface area contributed by atoms with E-state index in [1.165, 1.54) is 13.8 Å². The third kappa shape index (κ3) is 22.5. The molecule has 28 nitrogen and oxygen atoms in total. The number of aliphatic carboxylic acids is 3. The molecule has 0 aromatic carbocycles. The van der Waals surface area contributed by atoms with Crippen LogP contribution in [0.15, 0.2) is 0 Å². The Morgan fingerprint density at radius 3 is 1.36 bits per heavy atom. The summed E-state index contributed by atoms with van der Waals surface area (Å²) in [6.45, 7) is 2.62. The number of unbranched alkanes of at least 4 members (excludes halogenated alkanes) is 1. The molecule has 362 valence electrons. The molecule has 18 N–H and O–H groups in total. The molecule has 64 heavy (non-hydrogen) atoms. The van der Waals surface area contributed by atoms with E-state index in [1.807, 2.05) is 0 Å². The molecule has 0 bridgehead atoms. The predicted molar refractivity (Wildman–Crippen MR) is 218 cm³/mol. The molecule has 0 aliphatic carbocycles. The van der Waals surface area contributed by atoms with Crippen LogP contribution < -0.4 is 59.3 Å². The first kappa shape index (κ1) is 57.5. The Morgan fingerprint density at radius 1 is 0.484 bits per heavy atom. The lowest BCUT2D eigenvalue weighted by Crippen LogP contribution is -2.60. The zero-order chi connectivity index (χ0) is 49.3. The lowest BCUT2D eigenvalue weighted by Gasteiger charge is -2.27. The highest BCUT2D eigenvalue weighted by Crippen LogP contribution is 2.07. The van der Waals surface area contributed by atoms with E-state index in [0.717, 1.165) is 13.8 Å². The van der Waals surface area contributed by atoms with E-state index in [-0.39, 0.29) is 19.4 Å². The number of carboxylic acids is 3. The largest absolute Gasteiger partial charge is 0.481 e. The maximum atomic E-state index is 13.6. The minimum Gasteiger partial charge on any atom is -0.481 e. The molecule has 0 aromatic heterocycles. The van der Waals surface area contributed by atoms with Crippen molar-refractivity contribution in [1.29, 1.82) is 0 Å². The van der Waals surface area contributed by atoms with Crippen LogP contribution in [0.3, 0.4) is 0 Å². The Bertz CT molecular complexity index is 1680. The van der Waals surface area contributed by atoms with Gasteiger partial charge in [-0.25, -0.2) is 0 Å². The number of aliphatic hydroxyl groups is 2. The van der Waals surface area contributed by atoms with Gasteiger partial charge in [-0.1, -0.05) is 0 Å². The standard InChI is InChI=1S/C36H61N11O17/c1-16(40-24(50)13-38)29(56)46-23(15-48)34(61)45-21(8-10-26(52)53)31(58)42-17(2)30(57)43-22(9-11-27(54)55)32(59)44-20(7-5-6-12-37)33(60)47-28(19(4)49)35(62)39-14-25(51)41-18(3)36(63)64/h16-23,28,48-49H,5-15,37-38H2,1-4H3,(H,39,62)(H,40,50)(H,41,51)(H,42,58)(H,43,57)(H,44,59)(H,45,61)(H,46,56)(H,47,60)(H,52,53)(H,54,55)(H,63,64)/t16-,17-,18-,19+,20-,21-,22-,23-,28-/m0/s1. The van der Waals surface area contributed by atoms with E-state index in [1.54, 1.807) is 0 Å². The highest BCUT2D eigenvalue weighted by molar-refractivity contribution is 5.98. The number of amides is 9. The second-order valence-electron chi connectivity index (χ2n) is 14.4. The molecule has 9 amide bonds. The monoisotopic (exact) mass is 919 g/mol. The van der Waals surface area contributed by atoms with Gasteiger partial charge in [0.05, 0.1) is 25.8 Å². The quantitative estimate of drug-likeness (QED) is 0.0287. The highest BCUT2D eigenvalue weighted by atomic mass is 16.4. The van der Waals surface area contributed by atoms with Gasteiger partial charge in [0, 0.05) is 12.8 Å². The maximum Gasteiger partial charge on any atom is 0.325 e. The summed E-state index contributed by atoms with van der Waals surface area (Å²) in [6.07, 6.45) is -3.66. The number of carbonyl (C=O) groups excluding carboxylic acids is 9. The van der Waals surface area contributed by atoms with Crippen molar-refractivity contribution in [2.45, 2.75) is 127 Å². The molecule has 0 aliphatic heterocycles. The third-order valence-corrected chi connectivity index (χ3v) is 8.90. The van der Waals surface area contributed by atoms with Crippen LogP contribution in [-0.2, 0) is 57.5 Å². The zero-order valence-electron chi connectivity index (χ0n) is 35.8. The summed E-state index contributed by atoms with van der Waals surface area (Å²) in [7, 11) is 0. The van der Waals surface area contributed by atoms with Crippen LogP contribution in [0.4, 0.5) is 0 Å². The van der Waals surface area contributed by atoms with Crippen molar-refractivity contribution in [3.8, 4) is 0 Å². The molecule has 0 spiro atoms. The molecular formula is C36H61N11O17. The molecule has 0 aromatic rings. The average Bonchev–Trinajstić information content (AvgIpc) is 3.22. The molecule has 0 radical (unpaired) electrons. The van der Waals surface area contributed by atoms with Crippen LogP contribution in [0, 0.1) is 0 Å². The van der Waals surface area contributed by atoms with Crippen LogP contribution in [0.2, 0.25) is 0 Å². The lowest BCUT2D eigenvalue weighted by atomic mass is 10.0. The molecule has 0 saturated carbocycles. The number of nitrogens with two attached hydrogens (primary N) is 2. The molecule has 0 rings (SSSR count). The van der Waals surface area contributed by atoms with Gasteiger partial charge in [-0.3, -0.25) is 57.5 Å². The first-order valence-corrected chi connectivity index (χ1v) is 19.9. The van der Waals surface area contributed by atoms with Crippen LogP contribution >= 0.6 is 0 Å². The first-order chi connectivity index (χ1) is 29.9. The smallest absolute Gasteiger partial charge is 0.325 e. The summed E-state index contributed by atoms with van der Waals surface area (Å²) in [6, 6.07) is -12.4. The Balaban J connectivity index is 6.14. The van der Waals surface area contributed by atoms with Crippen LogP contribution in [0.1, 0.15) is 72.6 Å². The van der Waals surface area contributed by atoms with Gasteiger partial charge >= 0.3 is 17.9 Å². The number of rotatable bonds is 31. The van der Waals surface area contributed by atoms with Gasteiger partial charge in [0.1, 0.15) is 48.3 Å². The van der Waals surface area contributed by atoms with Crippen molar-refractivity contribution in [3.63, 3.8) is 0 Å². The Hall–Kier alpha value is -6.52. The summed E-state index contributed by atoms with van der Waals surface area (Å²) < 4.78 is 0. The lowest BCUT2D eigenvalue weighted by molar-refractivity contribution is -0.141. The summed E-state index contributed by atoms with van der Waals surface area (Å²) in [5, 5.41) is 67.5. The second-order valence-corrected chi connectivity index (χ2v) is 14.4. The number of aliphatic hydroxyl groups excluding tert-OH is 2. The van der Waals surface area contributed by atoms with Gasteiger partial charge < -0.3 is 84.9 Å². The molecular weight excluding hydrogens is 858 g/mol. The topological polar surface area (TPSA) is 466 Å². The SMILES string of the molecule is C[C@H](NC(=O)CNC(=O)[C@@H](NC(=O)[C@H](CCCCN)NC(=O)[C@H](CCC(=O)O)NC(=O)[C@H](C)NC(=O)[C@H](CCC(=O)O)NC(=O)[C@H](CO)NC(=O)[C@H](C)NC(=O)CN)[C@@H](C)O)C(=O)O. The fourth-order valence-electron chi connectivity index (χ4n) is 5.20. The maximum absolute atomic E-state index is 13.6. The van der Waals surface area contributed by atoms with E-state index in [9.17, 15) is 78.0 Å². The molecule has 28 heteroatoms. The summed E-state index contributed by atoms with van der Waals surface area (Å²) in [5.74, 6) is -13.3. The molecule has 0 aliphatic rings. The van der Waals surface area contributed by atoms with Crippen molar-refractivity contribution >= 4 is 71.1 Å². The Labute approximate surface area is 366 Å². The zero-order valence-corrected chi connectivity index (χ0v) is 35.8. The van der Waals surface area contributed by atoms with E-state index < -0.39 is 171 Å². The molecule has 0 saturated heterocycles. The van der Waals surface area contributed by atoms with Crippen molar-refractivity contribution in [3.05, 3.63) is 0 Å². The number of hydrogen-bond acceptors (Lipinski definition) is 16. The minimum absolute atomic E-state index is 0.126. The van der Waals surface area contributed by atoms with Crippen molar-refractivity contribution in [2.75, 3.05) is 26.2 Å². The van der Waals surface area contributed by atoms with Crippen LogP contribution in [0.25, 0.3) is 0 Å². The number of carbonyl (C=O) groups is 12. The molecule has 9 atom stereocenters. The molecule has 0 unspecified atom stereocenters. The summed E-state index contributed by atoms with van der Waals surface area (Å²) >= 11 is 0. The number of hydrogen-bond donors (Lipinski definition) is 16. The Kier molecular flexibility index (Phi) is 26.7. The fraction of sp³-hybridized carbons (Fsp3) is 0.667. The van der Waals surface area contributed by atoms with Gasteiger partial charge in [-0.2, -0.15) is 0 Å². The normalized spacial score (nSPS) is 15.0. The van der Waals surface area contributed by atoms with Crippen LogP contribution in [0.5, 0.6) is 0 Å². The second kappa shape index (κ2) is 29.7. The van der Waals surface area contributed by atoms with Crippen LogP contribution in [-0.4, -0.2) is 177 Å². The van der Waals surface area contributed by atoms with Crippen molar-refractivity contribution in [1.82, 2.24) is 47.9 Å². The van der Waals surface area contributed by atoms with E-state index in [2.05, 4.69) is 47.9 Å². The first-order valence-electron chi connectivity index (χ1n) is 19.9. The van der Waals surface area contributed by atoms with E-state index >= 15 is 0 Å².